The Morgan fingerprint density at radius 1 is 1.36 bits per heavy atom. The maximum absolute atomic E-state index is 12.2. The van der Waals surface area contributed by atoms with Gasteiger partial charge in [-0.2, -0.15) is 0 Å². The third kappa shape index (κ3) is 4.95. The van der Waals surface area contributed by atoms with Crippen LogP contribution in [0.4, 0.5) is 9.59 Å². The second-order valence-corrected chi connectivity index (χ2v) is 7.30. The van der Waals surface area contributed by atoms with Gasteiger partial charge in [-0.15, -0.1) is 0 Å². The Bertz CT molecular complexity index is 535. The molecule has 3 N–H and O–H groups in total. The lowest BCUT2D eigenvalue weighted by atomic mass is 10.0. The minimum absolute atomic E-state index is 0.148. The van der Waals surface area contributed by atoms with Gasteiger partial charge >= 0.3 is 12.1 Å². The number of ether oxygens (including phenoxy) is 1. The Labute approximate surface area is 146 Å². The van der Waals surface area contributed by atoms with Crippen LogP contribution in [-0.2, 0) is 14.4 Å². The molecule has 25 heavy (non-hydrogen) atoms. The Balaban J connectivity index is 1.73. The van der Waals surface area contributed by atoms with Gasteiger partial charge in [-0.3, -0.25) is 14.8 Å². The molecule has 4 amide bonds. The second kappa shape index (κ2) is 7.44. The number of urea groups is 1. The second-order valence-electron chi connectivity index (χ2n) is 7.30. The van der Waals surface area contributed by atoms with E-state index in [0.29, 0.717) is 24.4 Å². The summed E-state index contributed by atoms with van der Waals surface area (Å²) >= 11 is 0. The van der Waals surface area contributed by atoms with Gasteiger partial charge in [0.05, 0.1) is 6.04 Å². The van der Waals surface area contributed by atoms with E-state index in [4.69, 9.17) is 9.57 Å². The molecule has 0 aromatic carbocycles. The van der Waals surface area contributed by atoms with Gasteiger partial charge in [-0.1, -0.05) is 0 Å². The average molecular weight is 358 g/mol. The molecule has 2 rings (SSSR count). The zero-order chi connectivity index (χ0) is 18.8. The summed E-state index contributed by atoms with van der Waals surface area (Å²) in [5, 5.41) is 12.8. The first-order valence-corrected chi connectivity index (χ1v) is 8.29. The fourth-order valence-electron chi connectivity index (χ4n) is 2.73. The highest BCUT2D eigenvalue weighted by molar-refractivity contribution is 5.87. The Kier molecular flexibility index (Phi) is 5.73. The highest BCUT2D eigenvalue weighted by atomic mass is 16.7. The molecule has 0 aliphatic carbocycles. The highest BCUT2D eigenvalue weighted by Gasteiger charge is 2.46. The van der Waals surface area contributed by atoms with E-state index in [0.717, 1.165) is 0 Å². The zero-order valence-corrected chi connectivity index (χ0v) is 14.9. The Hall–Kier alpha value is -2.07. The number of piperidine rings is 1. The quantitative estimate of drug-likeness (QED) is 0.489. The number of nitrogens with zero attached hydrogens (tertiary/aromatic N) is 2. The van der Waals surface area contributed by atoms with Gasteiger partial charge in [0.1, 0.15) is 17.7 Å². The van der Waals surface area contributed by atoms with Crippen molar-refractivity contribution in [3.63, 3.8) is 0 Å². The number of hydroxylamine groups is 3. The molecule has 2 aliphatic rings. The van der Waals surface area contributed by atoms with Crippen LogP contribution in [-0.4, -0.2) is 70.1 Å². The molecule has 0 aromatic heterocycles. The van der Waals surface area contributed by atoms with Crippen molar-refractivity contribution in [3.8, 4) is 0 Å². The van der Waals surface area contributed by atoms with Crippen molar-refractivity contribution in [3.05, 3.63) is 0 Å². The number of carbonyl (C=O) groups is 3. The van der Waals surface area contributed by atoms with E-state index in [1.807, 2.05) is 0 Å². The van der Waals surface area contributed by atoms with Crippen molar-refractivity contribution in [2.24, 2.45) is 0 Å². The number of rotatable bonds is 5. The van der Waals surface area contributed by atoms with Crippen molar-refractivity contribution in [2.75, 3.05) is 13.1 Å². The molecule has 10 nitrogen and oxygen atoms in total. The van der Waals surface area contributed by atoms with E-state index in [2.05, 4.69) is 10.8 Å². The van der Waals surface area contributed by atoms with Crippen LogP contribution >= 0.6 is 0 Å². The number of alkyl carbamates (subject to hydrolysis) is 1. The minimum atomic E-state index is -0.674. The number of fused-ring (bicyclic) bond motifs is 2. The van der Waals surface area contributed by atoms with Gasteiger partial charge in [0.15, 0.2) is 0 Å². The number of nitrogens with one attached hydrogen (secondary N) is 2. The lowest BCUT2D eigenvalue weighted by molar-refractivity contribution is -0.142. The summed E-state index contributed by atoms with van der Waals surface area (Å²) in [7, 11) is 0. The third-order valence-corrected chi connectivity index (χ3v) is 3.94. The summed E-state index contributed by atoms with van der Waals surface area (Å²) in [5.74, 6) is -0.453. The molecule has 0 aromatic rings. The van der Waals surface area contributed by atoms with E-state index < -0.39 is 35.8 Å². The van der Waals surface area contributed by atoms with Gasteiger partial charge in [0.25, 0.3) is 5.91 Å². The van der Waals surface area contributed by atoms with Crippen LogP contribution in [0.3, 0.4) is 0 Å². The van der Waals surface area contributed by atoms with E-state index >= 15 is 0 Å². The van der Waals surface area contributed by atoms with Crippen LogP contribution in [0.15, 0.2) is 0 Å². The van der Waals surface area contributed by atoms with Crippen molar-refractivity contribution in [2.45, 2.75) is 64.3 Å². The van der Waals surface area contributed by atoms with Crippen molar-refractivity contribution < 1.29 is 29.2 Å². The zero-order valence-electron chi connectivity index (χ0n) is 14.9. The van der Waals surface area contributed by atoms with Crippen molar-refractivity contribution in [1.82, 2.24) is 20.8 Å². The normalized spacial score (nSPS) is 24.1. The van der Waals surface area contributed by atoms with Crippen molar-refractivity contribution in [1.29, 1.82) is 0 Å². The van der Waals surface area contributed by atoms with E-state index in [-0.39, 0.29) is 12.6 Å². The van der Waals surface area contributed by atoms with Crippen LogP contribution in [0, 0.1) is 0 Å². The molecule has 10 heteroatoms. The van der Waals surface area contributed by atoms with Crippen LogP contribution in [0.1, 0.15) is 40.5 Å². The summed E-state index contributed by atoms with van der Waals surface area (Å²) < 4.78 is 5.10. The molecular formula is C15H26N4O6. The lowest BCUT2D eigenvalue weighted by Gasteiger charge is -2.29. The molecular weight excluding hydrogens is 332 g/mol. The fourth-order valence-corrected chi connectivity index (χ4v) is 2.73. The minimum Gasteiger partial charge on any atom is -0.444 e. The molecule has 0 radical (unpaired) electrons. The molecule has 2 heterocycles. The van der Waals surface area contributed by atoms with Gasteiger partial charge in [0, 0.05) is 13.1 Å². The summed E-state index contributed by atoms with van der Waals surface area (Å²) in [5.41, 5.74) is 1.72. The average Bonchev–Trinajstić information content (AvgIpc) is 2.74. The Morgan fingerprint density at radius 3 is 2.68 bits per heavy atom. The summed E-state index contributed by atoms with van der Waals surface area (Å²) in [6, 6.07) is -1.50. The van der Waals surface area contributed by atoms with Gasteiger partial charge in [-0.25, -0.2) is 20.1 Å². The number of amides is 4. The van der Waals surface area contributed by atoms with Gasteiger partial charge < -0.3 is 15.0 Å². The largest absolute Gasteiger partial charge is 0.444 e. The van der Waals surface area contributed by atoms with Crippen molar-refractivity contribution >= 4 is 18.0 Å². The van der Waals surface area contributed by atoms with E-state index in [1.54, 1.807) is 27.7 Å². The first-order chi connectivity index (χ1) is 11.6. The summed E-state index contributed by atoms with van der Waals surface area (Å²) in [4.78, 5) is 42.2. The molecule has 2 aliphatic heterocycles. The molecule has 0 saturated carbocycles. The molecule has 2 bridgehead atoms. The molecule has 3 atom stereocenters. The maximum Gasteiger partial charge on any atom is 0.407 e. The maximum atomic E-state index is 12.2. The topological polar surface area (TPSA) is 120 Å². The number of hydrogen-bond donors (Lipinski definition) is 3. The lowest BCUT2D eigenvalue weighted by Crippen LogP contribution is -2.50. The van der Waals surface area contributed by atoms with Gasteiger partial charge in [-0.05, 0) is 40.5 Å². The van der Waals surface area contributed by atoms with Crippen LogP contribution in [0.5, 0.6) is 0 Å². The van der Waals surface area contributed by atoms with E-state index in [1.165, 1.54) is 4.90 Å². The standard InChI is InChI=1S/C15H26N4O6/c1-9(7-16-13(21)24-15(2,3)4)25-17-12(20)11-6-5-10-8-18(11)14(22)19(10)23/h9-11,23H,5-8H2,1-4H3,(H,16,21)(H,17,20)/t9-,10+,11-/m0/s1. The van der Waals surface area contributed by atoms with E-state index in [9.17, 15) is 19.6 Å². The summed E-state index contributed by atoms with van der Waals surface area (Å²) in [6.07, 6.45) is -0.0607. The monoisotopic (exact) mass is 358 g/mol. The SMILES string of the molecule is C[C@@H](CNC(=O)OC(C)(C)C)ONC(=O)[C@@H]1CC[C@@H]2CN1C(=O)N2O. The highest BCUT2D eigenvalue weighted by Crippen LogP contribution is 2.28. The molecule has 2 fully saturated rings. The van der Waals surface area contributed by atoms with Gasteiger partial charge in [0.2, 0.25) is 0 Å². The van der Waals surface area contributed by atoms with Crippen LogP contribution in [0.2, 0.25) is 0 Å². The predicted molar refractivity (Wildman–Crippen MR) is 85.5 cm³/mol. The molecule has 0 spiro atoms. The Morgan fingerprint density at radius 2 is 2.04 bits per heavy atom. The molecule has 0 unspecified atom stereocenters. The first kappa shape index (κ1) is 19.3. The predicted octanol–water partition coefficient (Wildman–Crippen LogP) is 0.605. The number of hydrogen-bond acceptors (Lipinski definition) is 6. The summed E-state index contributed by atoms with van der Waals surface area (Å²) in [6.45, 7) is 7.42. The smallest absolute Gasteiger partial charge is 0.407 e. The van der Waals surface area contributed by atoms with Crippen LogP contribution < -0.4 is 10.8 Å². The number of carbonyl (C=O) groups excluding carboxylic acids is 3. The molecule has 2 saturated heterocycles. The first-order valence-electron chi connectivity index (χ1n) is 8.29. The van der Waals surface area contributed by atoms with Crippen LogP contribution in [0.25, 0.3) is 0 Å². The fraction of sp³-hybridized carbons (Fsp3) is 0.800. The molecule has 142 valence electrons. The third-order valence-electron chi connectivity index (χ3n) is 3.94.